The SMILES string of the molecule is CC(C(=O)O)C(C)C(=O)c1ccc2c(c1)CCO2. The average molecular weight is 248 g/mol. The lowest BCUT2D eigenvalue weighted by atomic mass is 9.88. The molecule has 0 fully saturated rings. The van der Waals surface area contributed by atoms with Crippen molar-refractivity contribution in [3.05, 3.63) is 29.3 Å². The normalized spacial score (nSPS) is 16.6. The van der Waals surface area contributed by atoms with Gasteiger partial charge in [0.05, 0.1) is 12.5 Å². The van der Waals surface area contributed by atoms with E-state index in [-0.39, 0.29) is 5.78 Å². The molecule has 1 aliphatic rings. The fourth-order valence-corrected chi connectivity index (χ4v) is 2.04. The highest BCUT2D eigenvalue weighted by Crippen LogP contribution is 2.27. The number of carbonyl (C=O) groups is 2. The summed E-state index contributed by atoms with van der Waals surface area (Å²) in [5, 5.41) is 8.93. The fraction of sp³-hybridized carbons (Fsp3) is 0.429. The van der Waals surface area contributed by atoms with Crippen LogP contribution in [0, 0.1) is 11.8 Å². The minimum absolute atomic E-state index is 0.125. The molecule has 0 bridgehead atoms. The first-order chi connectivity index (χ1) is 8.50. The second-order valence-electron chi connectivity index (χ2n) is 4.70. The number of ketones is 1. The maximum absolute atomic E-state index is 12.2. The smallest absolute Gasteiger partial charge is 0.306 e. The summed E-state index contributed by atoms with van der Waals surface area (Å²) in [5.41, 5.74) is 1.59. The number of carboxylic acid groups (broad SMARTS) is 1. The lowest BCUT2D eigenvalue weighted by Crippen LogP contribution is -2.25. The lowest BCUT2D eigenvalue weighted by Gasteiger charge is -2.15. The standard InChI is InChI=1S/C14H16O4/c1-8(9(2)14(16)17)13(15)11-3-4-12-10(7-11)5-6-18-12/h3-4,7-9H,5-6H2,1-2H3,(H,16,17). The van der Waals surface area contributed by atoms with Gasteiger partial charge in [0.2, 0.25) is 0 Å². The Morgan fingerprint density at radius 2 is 2.00 bits per heavy atom. The van der Waals surface area contributed by atoms with Crippen LogP contribution < -0.4 is 4.74 Å². The van der Waals surface area contributed by atoms with Crippen molar-refractivity contribution < 1.29 is 19.4 Å². The highest BCUT2D eigenvalue weighted by molar-refractivity contribution is 5.99. The minimum Gasteiger partial charge on any atom is -0.493 e. The summed E-state index contributed by atoms with van der Waals surface area (Å²) >= 11 is 0. The molecule has 1 aromatic carbocycles. The van der Waals surface area contributed by atoms with Gasteiger partial charge >= 0.3 is 5.97 Å². The summed E-state index contributed by atoms with van der Waals surface area (Å²) in [6.07, 6.45) is 0.805. The number of fused-ring (bicyclic) bond motifs is 1. The topological polar surface area (TPSA) is 63.6 Å². The van der Waals surface area contributed by atoms with Gasteiger partial charge in [0, 0.05) is 17.9 Å². The second kappa shape index (κ2) is 4.80. The maximum Gasteiger partial charge on any atom is 0.306 e. The van der Waals surface area contributed by atoms with E-state index < -0.39 is 17.8 Å². The van der Waals surface area contributed by atoms with E-state index in [9.17, 15) is 9.59 Å². The molecule has 0 radical (unpaired) electrons. The number of aliphatic carboxylic acids is 1. The lowest BCUT2D eigenvalue weighted by molar-refractivity contribution is -0.142. The van der Waals surface area contributed by atoms with E-state index in [4.69, 9.17) is 9.84 Å². The third-order valence-corrected chi connectivity index (χ3v) is 3.53. The van der Waals surface area contributed by atoms with Crippen LogP contribution >= 0.6 is 0 Å². The van der Waals surface area contributed by atoms with Gasteiger partial charge < -0.3 is 9.84 Å². The summed E-state index contributed by atoms with van der Waals surface area (Å²) in [7, 11) is 0. The molecule has 18 heavy (non-hydrogen) atoms. The second-order valence-corrected chi connectivity index (χ2v) is 4.70. The first-order valence-corrected chi connectivity index (χ1v) is 6.03. The van der Waals surface area contributed by atoms with Crippen LogP contribution in [0.15, 0.2) is 18.2 Å². The number of carboxylic acids is 1. The zero-order chi connectivity index (χ0) is 13.3. The average Bonchev–Trinajstić information content (AvgIpc) is 2.82. The van der Waals surface area contributed by atoms with Crippen molar-refractivity contribution in [2.24, 2.45) is 11.8 Å². The Hall–Kier alpha value is -1.84. The van der Waals surface area contributed by atoms with Crippen molar-refractivity contribution in [2.75, 3.05) is 6.61 Å². The molecule has 1 heterocycles. The molecule has 2 rings (SSSR count). The van der Waals surface area contributed by atoms with E-state index in [0.717, 1.165) is 17.7 Å². The third kappa shape index (κ3) is 2.23. The van der Waals surface area contributed by atoms with Gasteiger partial charge in [0.25, 0.3) is 0 Å². The van der Waals surface area contributed by atoms with Crippen molar-refractivity contribution in [3.63, 3.8) is 0 Å². The Morgan fingerprint density at radius 3 is 2.67 bits per heavy atom. The molecular formula is C14H16O4. The Morgan fingerprint density at radius 1 is 1.28 bits per heavy atom. The zero-order valence-corrected chi connectivity index (χ0v) is 10.5. The molecule has 1 aliphatic heterocycles. The number of Topliss-reactive ketones (excluding diaryl/α,β-unsaturated/α-hetero) is 1. The van der Waals surface area contributed by atoms with Crippen LogP contribution in [-0.4, -0.2) is 23.5 Å². The highest BCUT2D eigenvalue weighted by Gasteiger charge is 2.27. The van der Waals surface area contributed by atoms with Gasteiger partial charge in [-0.3, -0.25) is 9.59 Å². The van der Waals surface area contributed by atoms with Crippen LogP contribution in [0.2, 0.25) is 0 Å². The summed E-state index contributed by atoms with van der Waals surface area (Å²) < 4.78 is 5.37. The quantitative estimate of drug-likeness (QED) is 0.829. The van der Waals surface area contributed by atoms with Crippen LogP contribution in [-0.2, 0) is 11.2 Å². The van der Waals surface area contributed by atoms with E-state index in [0.29, 0.717) is 12.2 Å². The van der Waals surface area contributed by atoms with Crippen molar-refractivity contribution in [3.8, 4) is 5.75 Å². The van der Waals surface area contributed by atoms with Crippen LogP contribution in [0.5, 0.6) is 5.75 Å². The van der Waals surface area contributed by atoms with Crippen LogP contribution in [0.4, 0.5) is 0 Å². The number of rotatable bonds is 4. The molecule has 0 saturated carbocycles. The fourth-order valence-electron chi connectivity index (χ4n) is 2.04. The van der Waals surface area contributed by atoms with Crippen molar-refractivity contribution in [1.82, 2.24) is 0 Å². The van der Waals surface area contributed by atoms with Crippen molar-refractivity contribution in [2.45, 2.75) is 20.3 Å². The third-order valence-electron chi connectivity index (χ3n) is 3.53. The monoisotopic (exact) mass is 248 g/mol. The summed E-state index contributed by atoms with van der Waals surface area (Å²) in [6.45, 7) is 3.86. The van der Waals surface area contributed by atoms with Gasteiger partial charge in [-0.2, -0.15) is 0 Å². The van der Waals surface area contributed by atoms with Crippen molar-refractivity contribution >= 4 is 11.8 Å². The number of benzene rings is 1. The summed E-state index contributed by atoms with van der Waals surface area (Å²) in [4.78, 5) is 23.1. The molecule has 0 aliphatic carbocycles. The molecule has 1 aromatic rings. The van der Waals surface area contributed by atoms with Gasteiger partial charge in [-0.25, -0.2) is 0 Å². The first kappa shape index (κ1) is 12.6. The molecule has 0 amide bonds. The van der Waals surface area contributed by atoms with Crippen LogP contribution in [0.25, 0.3) is 0 Å². The van der Waals surface area contributed by atoms with Crippen LogP contribution in [0.1, 0.15) is 29.8 Å². The molecule has 2 unspecified atom stereocenters. The Bertz CT molecular complexity index is 493. The van der Waals surface area contributed by atoms with Crippen molar-refractivity contribution in [1.29, 1.82) is 0 Å². The molecule has 0 spiro atoms. The summed E-state index contributed by atoms with van der Waals surface area (Å²) in [6, 6.07) is 5.31. The number of carbonyl (C=O) groups excluding carboxylic acids is 1. The molecule has 0 aromatic heterocycles. The summed E-state index contributed by atoms with van der Waals surface area (Å²) in [5.74, 6) is -1.45. The molecule has 2 atom stereocenters. The van der Waals surface area contributed by atoms with E-state index in [1.165, 1.54) is 0 Å². The van der Waals surface area contributed by atoms with Gasteiger partial charge in [-0.1, -0.05) is 13.8 Å². The maximum atomic E-state index is 12.2. The minimum atomic E-state index is -0.944. The number of hydrogen-bond acceptors (Lipinski definition) is 3. The van der Waals surface area contributed by atoms with E-state index in [1.807, 2.05) is 6.07 Å². The Balaban J connectivity index is 2.21. The molecule has 4 heteroatoms. The predicted octanol–water partition coefficient (Wildman–Crippen LogP) is 2.16. The van der Waals surface area contributed by atoms with Gasteiger partial charge in [-0.15, -0.1) is 0 Å². The van der Waals surface area contributed by atoms with Gasteiger partial charge in [-0.05, 0) is 23.8 Å². The Kier molecular flexibility index (Phi) is 3.36. The van der Waals surface area contributed by atoms with E-state index in [2.05, 4.69) is 0 Å². The molecule has 96 valence electrons. The number of ether oxygens (including phenoxy) is 1. The zero-order valence-electron chi connectivity index (χ0n) is 10.5. The van der Waals surface area contributed by atoms with Gasteiger partial charge in [0.1, 0.15) is 5.75 Å². The van der Waals surface area contributed by atoms with E-state index in [1.54, 1.807) is 26.0 Å². The predicted molar refractivity (Wildman–Crippen MR) is 65.9 cm³/mol. The van der Waals surface area contributed by atoms with Gasteiger partial charge in [0.15, 0.2) is 5.78 Å². The molecule has 1 N–H and O–H groups in total. The molecule has 0 saturated heterocycles. The van der Waals surface area contributed by atoms with E-state index >= 15 is 0 Å². The molecule has 4 nitrogen and oxygen atoms in total. The first-order valence-electron chi connectivity index (χ1n) is 6.03. The largest absolute Gasteiger partial charge is 0.493 e. The highest BCUT2D eigenvalue weighted by atomic mass is 16.5. The number of hydrogen-bond donors (Lipinski definition) is 1. The molecular weight excluding hydrogens is 232 g/mol. The van der Waals surface area contributed by atoms with Crippen LogP contribution in [0.3, 0.4) is 0 Å². The Labute approximate surface area is 106 Å².